The molecule has 4 rings (SSSR count). The number of aromatic nitrogens is 2. The van der Waals surface area contributed by atoms with Crippen LogP contribution in [0.2, 0.25) is 0 Å². The summed E-state index contributed by atoms with van der Waals surface area (Å²) < 4.78 is 32.7. The smallest absolute Gasteiger partial charge is 0.227 e. The molecule has 1 fully saturated rings. The fourth-order valence-electron chi connectivity index (χ4n) is 2.82. The number of carbonyl (C=O) groups is 1. The first kappa shape index (κ1) is 17.2. The molecule has 3 aromatic rings. The van der Waals surface area contributed by atoms with Crippen LogP contribution >= 0.6 is 0 Å². The third-order valence-corrected chi connectivity index (χ3v) is 4.49. The Balaban J connectivity index is 1.64. The summed E-state index contributed by atoms with van der Waals surface area (Å²) in [6, 6.07) is 7.39. The van der Waals surface area contributed by atoms with Gasteiger partial charge in [0.2, 0.25) is 5.91 Å². The Kier molecular flexibility index (Phi) is 4.35. The highest BCUT2D eigenvalue weighted by Gasteiger charge is 2.30. The molecule has 138 valence electrons. The van der Waals surface area contributed by atoms with Crippen LogP contribution < -0.4 is 10.1 Å². The number of amides is 1. The van der Waals surface area contributed by atoms with Crippen LogP contribution in [-0.2, 0) is 4.79 Å². The zero-order valence-corrected chi connectivity index (χ0v) is 14.6. The van der Waals surface area contributed by atoms with E-state index in [-0.39, 0.29) is 23.3 Å². The van der Waals surface area contributed by atoms with Gasteiger partial charge in [-0.25, -0.2) is 8.78 Å². The molecule has 0 radical (unpaired) electrons. The van der Waals surface area contributed by atoms with Crippen LogP contribution in [0.25, 0.3) is 23.1 Å². The molecule has 1 aliphatic carbocycles. The van der Waals surface area contributed by atoms with Crippen LogP contribution in [0.4, 0.5) is 14.5 Å². The number of fused-ring (bicyclic) bond motifs is 1. The molecule has 1 aromatic heterocycles. The number of hydrogen-bond donors (Lipinski definition) is 2. The van der Waals surface area contributed by atoms with Crippen molar-refractivity contribution in [2.75, 3.05) is 12.4 Å². The molecule has 2 aromatic carbocycles. The maximum absolute atomic E-state index is 14.2. The molecule has 1 amide bonds. The molecule has 27 heavy (non-hydrogen) atoms. The Morgan fingerprint density at radius 3 is 2.78 bits per heavy atom. The normalized spacial score (nSPS) is 14.0. The summed E-state index contributed by atoms with van der Waals surface area (Å²) in [4.78, 5) is 11.9. The molecule has 7 heteroatoms. The first-order chi connectivity index (χ1) is 13.0. The summed E-state index contributed by atoms with van der Waals surface area (Å²) in [6.45, 7) is 0. The quantitative estimate of drug-likeness (QED) is 0.702. The molecular formula is C20H17F2N3O2. The lowest BCUT2D eigenvalue weighted by atomic mass is 10.1. The molecular weight excluding hydrogens is 352 g/mol. The third-order valence-electron chi connectivity index (χ3n) is 4.49. The van der Waals surface area contributed by atoms with E-state index in [0.717, 1.165) is 18.4 Å². The Morgan fingerprint density at radius 1 is 1.22 bits per heavy atom. The summed E-state index contributed by atoms with van der Waals surface area (Å²) >= 11 is 0. The second kappa shape index (κ2) is 6.83. The minimum atomic E-state index is -0.515. The van der Waals surface area contributed by atoms with Crippen molar-refractivity contribution in [3.63, 3.8) is 0 Å². The summed E-state index contributed by atoms with van der Waals surface area (Å²) in [7, 11) is 1.40. The molecule has 2 N–H and O–H groups in total. The minimum absolute atomic E-state index is 0.0164. The number of halogens is 2. The molecule has 0 saturated heterocycles. The monoisotopic (exact) mass is 369 g/mol. The first-order valence-electron chi connectivity index (χ1n) is 8.55. The SMILES string of the molecule is COc1cc(/C=C/c2n[nH]c3cc(F)c(NC(=O)C4CC4)cc23)ccc1F. The number of anilines is 1. The van der Waals surface area contributed by atoms with Crippen LogP contribution in [0, 0.1) is 17.6 Å². The standard InChI is InChI=1S/C20H17F2N3O2/c1-27-19-8-11(2-6-14(19)21)3-7-16-13-9-18(23-20(26)12-4-5-12)15(22)10-17(13)25-24-16/h2-3,6-10,12H,4-5H2,1H3,(H,23,26)(H,24,25)/b7-3+. The minimum Gasteiger partial charge on any atom is -0.494 e. The van der Waals surface area contributed by atoms with E-state index in [1.54, 1.807) is 30.4 Å². The van der Waals surface area contributed by atoms with E-state index < -0.39 is 11.6 Å². The van der Waals surface area contributed by atoms with Gasteiger partial charge in [0.05, 0.1) is 24.0 Å². The summed E-state index contributed by atoms with van der Waals surface area (Å²) in [5.41, 5.74) is 1.97. The van der Waals surface area contributed by atoms with Gasteiger partial charge in [0.15, 0.2) is 11.6 Å². The van der Waals surface area contributed by atoms with Crippen molar-refractivity contribution in [1.29, 1.82) is 0 Å². The summed E-state index contributed by atoms with van der Waals surface area (Å²) in [5.74, 6) is -0.981. The Labute approximate surface area is 154 Å². The van der Waals surface area contributed by atoms with E-state index in [2.05, 4.69) is 15.5 Å². The van der Waals surface area contributed by atoms with E-state index in [1.165, 1.54) is 19.2 Å². The van der Waals surface area contributed by atoms with Crippen molar-refractivity contribution >= 4 is 34.6 Å². The summed E-state index contributed by atoms with van der Waals surface area (Å²) in [6.07, 6.45) is 5.17. The predicted molar refractivity (Wildman–Crippen MR) is 99.3 cm³/mol. The van der Waals surface area contributed by atoms with Crippen molar-refractivity contribution < 1.29 is 18.3 Å². The molecule has 1 heterocycles. The van der Waals surface area contributed by atoms with Crippen molar-refractivity contribution in [1.82, 2.24) is 10.2 Å². The zero-order valence-electron chi connectivity index (χ0n) is 14.6. The van der Waals surface area contributed by atoms with Crippen LogP contribution in [0.1, 0.15) is 24.1 Å². The van der Waals surface area contributed by atoms with Crippen LogP contribution in [-0.4, -0.2) is 23.2 Å². The van der Waals surface area contributed by atoms with Crippen LogP contribution in [0.15, 0.2) is 30.3 Å². The van der Waals surface area contributed by atoms with E-state index in [4.69, 9.17) is 4.74 Å². The van der Waals surface area contributed by atoms with Crippen LogP contribution in [0.5, 0.6) is 5.75 Å². The lowest BCUT2D eigenvalue weighted by molar-refractivity contribution is -0.117. The third kappa shape index (κ3) is 3.53. The van der Waals surface area contributed by atoms with Gasteiger partial charge in [-0.3, -0.25) is 9.89 Å². The molecule has 0 spiro atoms. The largest absolute Gasteiger partial charge is 0.494 e. The average Bonchev–Trinajstić information content (AvgIpc) is 3.44. The van der Waals surface area contributed by atoms with Gasteiger partial charge in [0.1, 0.15) is 5.82 Å². The second-order valence-corrected chi connectivity index (χ2v) is 6.48. The van der Waals surface area contributed by atoms with Crippen molar-refractivity contribution in [3.05, 3.63) is 53.2 Å². The molecule has 0 unspecified atom stereocenters. The number of nitrogens with zero attached hydrogens (tertiary/aromatic N) is 1. The summed E-state index contributed by atoms with van der Waals surface area (Å²) in [5, 5.41) is 10.3. The van der Waals surface area contributed by atoms with Crippen molar-refractivity contribution in [2.45, 2.75) is 12.8 Å². The van der Waals surface area contributed by atoms with Gasteiger partial charge in [0.25, 0.3) is 0 Å². The van der Waals surface area contributed by atoms with Gasteiger partial charge in [0, 0.05) is 17.4 Å². The molecule has 0 bridgehead atoms. The molecule has 5 nitrogen and oxygen atoms in total. The Hall–Kier alpha value is -3.22. The first-order valence-corrected chi connectivity index (χ1v) is 8.55. The fraction of sp³-hybridized carbons (Fsp3) is 0.200. The molecule has 0 aliphatic heterocycles. The number of benzene rings is 2. The number of carbonyl (C=O) groups excluding carboxylic acids is 1. The average molecular weight is 369 g/mol. The second-order valence-electron chi connectivity index (χ2n) is 6.48. The number of rotatable bonds is 5. The number of aromatic amines is 1. The number of nitrogens with one attached hydrogen (secondary N) is 2. The lowest BCUT2D eigenvalue weighted by Crippen LogP contribution is -2.14. The fourth-order valence-corrected chi connectivity index (χ4v) is 2.82. The van der Waals surface area contributed by atoms with Crippen molar-refractivity contribution in [2.24, 2.45) is 5.92 Å². The molecule has 0 atom stereocenters. The Bertz CT molecular complexity index is 1050. The topological polar surface area (TPSA) is 67.0 Å². The van der Waals surface area contributed by atoms with E-state index >= 15 is 0 Å². The maximum atomic E-state index is 14.2. The van der Waals surface area contributed by atoms with Crippen LogP contribution in [0.3, 0.4) is 0 Å². The molecule has 1 saturated carbocycles. The van der Waals surface area contributed by atoms with Crippen molar-refractivity contribution in [3.8, 4) is 5.75 Å². The van der Waals surface area contributed by atoms with Gasteiger partial charge in [-0.15, -0.1) is 0 Å². The zero-order chi connectivity index (χ0) is 19.0. The highest BCUT2D eigenvalue weighted by atomic mass is 19.1. The molecule has 1 aliphatic rings. The lowest BCUT2D eigenvalue weighted by Gasteiger charge is -2.06. The highest BCUT2D eigenvalue weighted by molar-refractivity contribution is 5.98. The van der Waals surface area contributed by atoms with E-state index in [0.29, 0.717) is 16.6 Å². The number of ether oxygens (including phenoxy) is 1. The maximum Gasteiger partial charge on any atom is 0.227 e. The van der Waals surface area contributed by atoms with E-state index in [1.807, 2.05) is 0 Å². The highest BCUT2D eigenvalue weighted by Crippen LogP contribution is 2.32. The number of hydrogen-bond acceptors (Lipinski definition) is 3. The van der Waals surface area contributed by atoms with Gasteiger partial charge < -0.3 is 10.1 Å². The van der Waals surface area contributed by atoms with Gasteiger partial charge in [-0.05, 0) is 42.7 Å². The predicted octanol–water partition coefficient (Wildman–Crippen LogP) is 4.37. The van der Waals surface area contributed by atoms with Gasteiger partial charge >= 0.3 is 0 Å². The number of H-pyrrole nitrogens is 1. The van der Waals surface area contributed by atoms with E-state index in [9.17, 15) is 13.6 Å². The van der Waals surface area contributed by atoms with Gasteiger partial charge in [-0.1, -0.05) is 12.1 Å². The Morgan fingerprint density at radius 2 is 2.04 bits per heavy atom. The van der Waals surface area contributed by atoms with Gasteiger partial charge in [-0.2, -0.15) is 5.10 Å². The number of methoxy groups -OCH3 is 1.